The summed E-state index contributed by atoms with van der Waals surface area (Å²) in [6.07, 6.45) is 3.10. The normalized spacial score (nSPS) is 10.7. The summed E-state index contributed by atoms with van der Waals surface area (Å²) in [4.78, 5) is 0. The molecule has 2 rings (SSSR count). The van der Waals surface area contributed by atoms with Crippen molar-refractivity contribution in [3.8, 4) is 5.75 Å². The first-order chi connectivity index (χ1) is 9.20. The van der Waals surface area contributed by atoms with E-state index in [1.165, 1.54) is 6.07 Å². The molecule has 1 heterocycles. The summed E-state index contributed by atoms with van der Waals surface area (Å²) in [5, 5.41) is 4.07. The fourth-order valence-corrected chi connectivity index (χ4v) is 1.90. The van der Waals surface area contributed by atoms with Crippen molar-refractivity contribution in [1.82, 2.24) is 9.78 Å². The van der Waals surface area contributed by atoms with E-state index >= 15 is 0 Å². The molecule has 2 aromatic rings. The average Bonchev–Trinajstić information content (AvgIpc) is 2.78. The lowest BCUT2D eigenvalue weighted by Crippen LogP contribution is -2.07. The number of nitrogens with two attached hydrogens (primary N) is 1. The maximum absolute atomic E-state index is 13.7. The zero-order chi connectivity index (χ0) is 13.7. The van der Waals surface area contributed by atoms with Crippen LogP contribution in [0.25, 0.3) is 0 Å². The van der Waals surface area contributed by atoms with Crippen molar-refractivity contribution < 1.29 is 9.13 Å². The second-order valence-electron chi connectivity index (χ2n) is 4.35. The second-order valence-corrected chi connectivity index (χ2v) is 4.35. The van der Waals surface area contributed by atoms with Gasteiger partial charge in [0.25, 0.3) is 0 Å². The number of benzene rings is 1. The molecule has 2 N–H and O–H groups in total. The zero-order valence-corrected chi connectivity index (χ0v) is 11.0. The summed E-state index contributed by atoms with van der Waals surface area (Å²) in [6, 6.07) is 6.90. The van der Waals surface area contributed by atoms with Crippen molar-refractivity contribution in [1.29, 1.82) is 0 Å². The van der Waals surface area contributed by atoms with E-state index in [-0.39, 0.29) is 11.6 Å². The third-order valence-electron chi connectivity index (χ3n) is 2.97. The van der Waals surface area contributed by atoms with Gasteiger partial charge < -0.3 is 10.5 Å². The Morgan fingerprint density at radius 1 is 1.32 bits per heavy atom. The molecule has 0 atom stereocenters. The van der Waals surface area contributed by atoms with Gasteiger partial charge in [-0.05, 0) is 36.7 Å². The van der Waals surface area contributed by atoms with Crippen LogP contribution in [0.4, 0.5) is 4.39 Å². The maximum atomic E-state index is 13.7. The van der Waals surface area contributed by atoms with Gasteiger partial charge in [-0.3, -0.25) is 4.68 Å². The predicted octanol–water partition coefficient (Wildman–Crippen LogP) is 1.68. The number of ether oxygens (including phenoxy) is 1. The van der Waals surface area contributed by atoms with E-state index in [1.807, 2.05) is 19.2 Å². The van der Waals surface area contributed by atoms with Crippen LogP contribution in [0.1, 0.15) is 11.3 Å². The summed E-state index contributed by atoms with van der Waals surface area (Å²) in [7, 11) is 1.87. The molecule has 0 radical (unpaired) electrons. The molecule has 0 saturated heterocycles. The number of hydrogen-bond donors (Lipinski definition) is 1. The van der Waals surface area contributed by atoms with E-state index in [4.69, 9.17) is 10.5 Å². The van der Waals surface area contributed by atoms with Crippen molar-refractivity contribution in [2.45, 2.75) is 12.8 Å². The lowest BCUT2D eigenvalue weighted by Gasteiger charge is -2.08. The molecule has 4 nitrogen and oxygen atoms in total. The first-order valence-corrected chi connectivity index (χ1v) is 6.29. The Hall–Kier alpha value is -1.88. The van der Waals surface area contributed by atoms with Gasteiger partial charge in [0, 0.05) is 25.4 Å². The fourth-order valence-electron chi connectivity index (χ4n) is 1.90. The number of nitrogens with zero attached hydrogens (tertiary/aromatic N) is 2. The van der Waals surface area contributed by atoms with Crippen LogP contribution >= 0.6 is 0 Å². The van der Waals surface area contributed by atoms with Crippen LogP contribution in [0.5, 0.6) is 5.75 Å². The Kier molecular flexibility index (Phi) is 4.52. The molecule has 19 heavy (non-hydrogen) atoms. The lowest BCUT2D eigenvalue weighted by atomic mass is 10.1. The van der Waals surface area contributed by atoms with Gasteiger partial charge in [-0.1, -0.05) is 6.07 Å². The lowest BCUT2D eigenvalue weighted by molar-refractivity contribution is 0.302. The molecule has 102 valence electrons. The van der Waals surface area contributed by atoms with Crippen LogP contribution in [-0.2, 0) is 19.9 Å². The molecule has 1 aromatic carbocycles. The van der Waals surface area contributed by atoms with Gasteiger partial charge in [0.15, 0.2) is 11.6 Å². The van der Waals surface area contributed by atoms with Gasteiger partial charge in [0.1, 0.15) is 0 Å². The Morgan fingerprint density at radius 3 is 2.79 bits per heavy atom. The Balaban J connectivity index is 1.91. The van der Waals surface area contributed by atoms with Gasteiger partial charge in [0.2, 0.25) is 0 Å². The minimum absolute atomic E-state index is 0.280. The summed E-state index contributed by atoms with van der Waals surface area (Å²) in [5.74, 6) is -0.0566. The smallest absolute Gasteiger partial charge is 0.165 e. The van der Waals surface area contributed by atoms with Gasteiger partial charge in [-0.2, -0.15) is 5.10 Å². The molecule has 1 aromatic heterocycles. The van der Waals surface area contributed by atoms with E-state index < -0.39 is 0 Å². The Labute approximate surface area is 112 Å². The standard InChI is InChI=1S/C14H18FN3O/c1-18-12(5-8-17-18)6-9-19-14-3-2-11(4-7-16)10-13(14)15/h2-3,5,8,10H,4,6-7,9,16H2,1H3. The fraction of sp³-hybridized carbons (Fsp3) is 0.357. The first-order valence-electron chi connectivity index (χ1n) is 6.29. The predicted molar refractivity (Wildman–Crippen MR) is 71.6 cm³/mol. The molecule has 0 aliphatic carbocycles. The largest absolute Gasteiger partial charge is 0.490 e. The second kappa shape index (κ2) is 6.33. The molecule has 0 fully saturated rings. The quantitative estimate of drug-likeness (QED) is 0.862. The summed E-state index contributed by atoms with van der Waals surface area (Å²) >= 11 is 0. The van der Waals surface area contributed by atoms with Crippen LogP contribution in [-0.4, -0.2) is 22.9 Å². The number of rotatable bonds is 6. The summed E-state index contributed by atoms with van der Waals surface area (Å²) < 4.78 is 21.0. The molecule has 0 saturated carbocycles. The highest BCUT2D eigenvalue weighted by atomic mass is 19.1. The van der Waals surface area contributed by atoms with Gasteiger partial charge in [-0.15, -0.1) is 0 Å². The van der Waals surface area contributed by atoms with Crippen LogP contribution < -0.4 is 10.5 Å². The molecular weight excluding hydrogens is 245 g/mol. The maximum Gasteiger partial charge on any atom is 0.165 e. The highest BCUT2D eigenvalue weighted by molar-refractivity contribution is 5.29. The van der Waals surface area contributed by atoms with Crippen LogP contribution in [0.15, 0.2) is 30.5 Å². The van der Waals surface area contributed by atoms with Crippen molar-refractivity contribution in [2.24, 2.45) is 12.8 Å². The zero-order valence-electron chi connectivity index (χ0n) is 11.0. The number of aryl methyl sites for hydroxylation is 1. The third kappa shape index (κ3) is 3.54. The third-order valence-corrected chi connectivity index (χ3v) is 2.97. The van der Waals surface area contributed by atoms with E-state index in [1.54, 1.807) is 16.9 Å². The van der Waals surface area contributed by atoms with E-state index in [0.717, 1.165) is 11.3 Å². The van der Waals surface area contributed by atoms with E-state index in [9.17, 15) is 4.39 Å². The van der Waals surface area contributed by atoms with Crippen LogP contribution in [0.3, 0.4) is 0 Å². The van der Waals surface area contributed by atoms with Crippen LogP contribution in [0.2, 0.25) is 0 Å². The molecule has 0 aliphatic heterocycles. The Bertz CT molecular complexity index is 539. The van der Waals surface area contributed by atoms with E-state index in [2.05, 4.69) is 5.10 Å². The topological polar surface area (TPSA) is 53.1 Å². The van der Waals surface area contributed by atoms with Crippen molar-refractivity contribution >= 4 is 0 Å². The molecule has 0 amide bonds. The van der Waals surface area contributed by atoms with E-state index in [0.29, 0.717) is 26.0 Å². The van der Waals surface area contributed by atoms with Crippen LogP contribution in [0, 0.1) is 5.82 Å². The highest BCUT2D eigenvalue weighted by Gasteiger charge is 2.05. The number of hydrogen-bond acceptors (Lipinski definition) is 3. The summed E-state index contributed by atoms with van der Waals surface area (Å²) in [5.41, 5.74) is 7.38. The number of halogens is 1. The number of aromatic nitrogens is 2. The summed E-state index contributed by atoms with van der Waals surface area (Å²) in [6.45, 7) is 0.937. The SMILES string of the molecule is Cn1nccc1CCOc1ccc(CCN)cc1F. The Morgan fingerprint density at radius 2 is 2.16 bits per heavy atom. The van der Waals surface area contributed by atoms with Gasteiger partial charge >= 0.3 is 0 Å². The molecule has 0 unspecified atom stereocenters. The molecule has 0 bridgehead atoms. The molecular formula is C14H18FN3O. The average molecular weight is 263 g/mol. The van der Waals surface area contributed by atoms with Crippen molar-refractivity contribution in [2.75, 3.05) is 13.2 Å². The molecule has 0 aliphatic rings. The molecule has 0 spiro atoms. The minimum atomic E-state index is -0.337. The van der Waals surface area contributed by atoms with Gasteiger partial charge in [-0.25, -0.2) is 4.39 Å². The highest BCUT2D eigenvalue weighted by Crippen LogP contribution is 2.18. The first kappa shape index (κ1) is 13.5. The molecule has 5 heteroatoms. The van der Waals surface area contributed by atoms with Crippen molar-refractivity contribution in [3.05, 3.63) is 47.5 Å². The van der Waals surface area contributed by atoms with Gasteiger partial charge in [0.05, 0.1) is 6.61 Å². The monoisotopic (exact) mass is 263 g/mol. The minimum Gasteiger partial charge on any atom is -0.490 e. The van der Waals surface area contributed by atoms with Crippen molar-refractivity contribution in [3.63, 3.8) is 0 Å².